The van der Waals surface area contributed by atoms with Gasteiger partial charge >= 0.3 is 0 Å². The van der Waals surface area contributed by atoms with E-state index in [1.807, 2.05) is 6.92 Å². The molecule has 1 amide bonds. The van der Waals surface area contributed by atoms with Gasteiger partial charge in [-0.2, -0.15) is 0 Å². The van der Waals surface area contributed by atoms with Crippen molar-refractivity contribution >= 4 is 5.91 Å². The van der Waals surface area contributed by atoms with Crippen LogP contribution in [0.5, 0.6) is 0 Å². The SMILES string of the molecule is CC1OCCC1NC(=O)C1CCCC1CN. The van der Waals surface area contributed by atoms with E-state index in [1.54, 1.807) is 0 Å². The van der Waals surface area contributed by atoms with Crippen LogP contribution in [0.3, 0.4) is 0 Å². The van der Waals surface area contributed by atoms with Crippen LogP contribution in [0, 0.1) is 11.8 Å². The molecule has 1 saturated carbocycles. The van der Waals surface area contributed by atoms with Gasteiger partial charge in [0.05, 0.1) is 12.1 Å². The van der Waals surface area contributed by atoms with Crippen LogP contribution in [-0.4, -0.2) is 31.2 Å². The van der Waals surface area contributed by atoms with E-state index in [2.05, 4.69) is 5.32 Å². The summed E-state index contributed by atoms with van der Waals surface area (Å²) < 4.78 is 5.44. The van der Waals surface area contributed by atoms with E-state index in [0.29, 0.717) is 12.5 Å². The number of nitrogens with two attached hydrogens (primary N) is 1. The van der Waals surface area contributed by atoms with Gasteiger partial charge in [-0.1, -0.05) is 6.42 Å². The molecule has 1 heterocycles. The van der Waals surface area contributed by atoms with Gasteiger partial charge in [0.25, 0.3) is 0 Å². The Morgan fingerprint density at radius 3 is 2.88 bits per heavy atom. The average molecular weight is 226 g/mol. The average Bonchev–Trinajstić information content (AvgIpc) is 2.87. The number of carbonyl (C=O) groups is 1. The van der Waals surface area contributed by atoms with E-state index < -0.39 is 0 Å². The van der Waals surface area contributed by atoms with Gasteiger partial charge in [0.1, 0.15) is 0 Å². The molecule has 16 heavy (non-hydrogen) atoms. The van der Waals surface area contributed by atoms with Gasteiger partial charge < -0.3 is 15.8 Å². The molecule has 2 fully saturated rings. The summed E-state index contributed by atoms with van der Waals surface area (Å²) in [7, 11) is 0. The van der Waals surface area contributed by atoms with Crippen LogP contribution in [0.1, 0.15) is 32.6 Å². The van der Waals surface area contributed by atoms with Gasteiger partial charge in [-0.25, -0.2) is 0 Å². The third kappa shape index (κ3) is 2.38. The number of amides is 1. The van der Waals surface area contributed by atoms with Crippen molar-refractivity contribution in [3.05, 3.63) is 0 Å². The molecule has 2 rings (SSSR count). The van der Waals surface area contributed by atoms with Crippen LogP contribution >= 0.6 is 0 Å². The van der Waals surface area contributed by atoms with Crippen LogP contribution in [-0.2, 0) is 9.53 Å². The van der Waals surface area contributed by atoms with E-state index in [1.165, 1.54) is 0 Å². The topological polar surface area (TPSA) is 64.3 Å². The molecule has 1 saturated heterocycles. The zero-order valence-electron chi connectivity index (χ0n) is 9.95. The lowest BCUT2D eigenvalue weighted by molar-refractivity contribution is -0.127. The van der Waals surface area contributed by atoms with Gasteiger partial charge in [0.15, 0.2) is 0 Å². The molecular formula is C12H22N2O2. The van der Waals surface area contributed by atoms with E-state index in [0.717, 1.165) is 32.3 Å². The lowest BCUT2D eigenvalue weighted by atomic mass is 9.95. The summed E-state index contributed by atoms with van der Waals surface area (Å²) in [5.41, 5.74) is 5.69. The Morgan fingerprint density at radius 2 is 2.25 bits per heavy atom. The Morgan fingerprint density at radius 1 is 1.44 bits per heavy atom. The van der Waals surface area contributed by atoms with Gasteiger partial charge in [-0.3, -0.25) is 4.79 Å². The second-order valence-corrected chi connectivity index (χ2v) is 5.01. The largest absolute Gasteiger partial charge is 0.376 e. The van der Waals surface area contributed by atoms with E-state index in [-0.39, 0.29) is 24.0 Å². The monoisotopic (exact) mass is 226 g/mol. The zero-order valence-corrected chi connectivity index (χ0v) is 9.95. The summed E-state index contributed by atoms with van der Waals surface area (Å²) in [5.74, 6) is 0.714. The highest BCUT2D eigenvalue weighted by molar-refractivity contribution is 5.79. The molecule has 3 N–H and O–H groups in total. The number of ether oxygens (including phenoxy) is 1. The molecule has 1 aliphatic heterocycles. The Bertz CT molecular complexity index is 257. The van der Waals surface area contributed by atoms with Crippen molar-refractivity contribution in [2.24, 2.45) is 17.6 Å². The molecule has 4 nitrogen and oxygen atoms in total. The molecule has 92 valence electrons. The highest BCUT2D eigenvalue weighted by Gasteiger charge is 2.34. The van der Waals surface area contributed by atoms with E-state index in [4.69, 9.17) is 10.5 Å². The zero-order chi connectivity index (χ0) is 11.5. The second-order valence-electron chi connectivity index (χ2n) is 5.01. The molecule has 1 aliphatic carbocycles. The van der Waals surface area contributed by atoms with Crippen molar-refractivity contribution in [1.29, 1.82) is 0 Å². The third-order valence-electron chi connectivity index (χ3n) is 4.00. The third-order valence-corrected chi connectivity index (χ3v) is 4.00. The lowest BCUT2D eigenvalue weighted by Gasteiger charge is -2.22. The molecular weight excluding hydrogens is 204 g/mol. The van der Waals surface area contributed by atoms with Gasteiger partial charge in [0.2, 0.25) is 5.91 Å². The minimum absolute atomic E-state index is 0.137. The highest BCUT2D eigenvalue weighted by Crippen LogP contribution is 2.31. The number of nitrogens with one attached hydrogen (secondary N) is 1. The molecule has 4 unspecified atom stereocenters. The summed E-state index contributed by atoms with van der Waals surface area (Å²) >= 11 is 0. The normalized spacial score (nSPS) is 38.9. The summed E-state index contributed by atoms with van der Waals surface area (Å²) in [4.78, 5) is 12.1. The fraction of sp³-hybridized carbons (Fsp3) is 0.917. The molecule has 4 heteroatoms. The maximum atomic E-state index is 12.1. The van der Waals surface area contributed by atoms with Crippen LogP contribution in [0.25, 0.3) is 0 Å². The number of carbonyl (C=O) groups excluding carboxylic acids is 1. The Hall–Kier alpha value is -0.610. The fourth-order valence-electron chi connectivity index (χ4n) is 2.88. The molecule has 0 aromatic heterocycles. The van der Waals surface area contributed by atoms with E-state index in [9.17, 15) is 4.79 Å². The van der Waals surface area contributed by atoms with E-state index >= 15 is 0 Å². The smallest absolute Gasteiger partial charge is 0.223 e. The Kier molecular flexibility index (Phi) is 3.82. The van der Waals surface area contributed by atoms with Crippen LogP contribution < -0.4 is 11.1 Å². The minimum atomic E-state index is 0.137. The molecule has 4 atom stereocenters. The quantitative estimate of drug-likeness (QED) is 0.743. The van der Waals surface area contributed by atoms with Gasteiger partial charge in [0, 0.05) is 12.5 Å². The lowest BCUT2D eigenvalue weighted by Crippen LogP contribution is -2.44. The highest BCUT2D eigenvalue weighted by atomic mass is 16.5. The van der Waals surface area contributed by atoms with Crippen LogP contribution in [0.4, 0.5) is 0 Å². The summed E-state index contributed by atoms with van der Waals surface area (Å²) in [6, 6.07) is 0.200. The maximum Gasteiger partial charge on any atom is 0.223 e. The van der Waals surface area contributed by atoms with Crippen molar-refractivity contribution in [3.63, 3.8) is 0 Å². The molecule has 0 aromatic carbocycles. The van der Waals surface area contributed by atoms with Crippen molar-refractivity contribution in [2.45, 2.75) is 44.8 Å². The summed E-state index contributed by atoms with van der Waals surface area (Å²) in [5, 5.41) is 3.12. The molecule has 0 spiro atoms. The standard InChI is InChI=1S/C12H22N2O2/c1-8-11(5-6-16-8)14-12(15)10-4-2-3-9(10)7-13/h8-11H,2-7,13H2,1H3,(H,14,15). The second kappa shape index (κ2) is 5.15. The summed E-state index contributed by atoms with van der Waals surface area (Å²) in [6.45, 7) is 3.42. The first kappa shape index (κ1) is 11.9. The fourth-order valence-corrected chi connectivity index (χ4v) is 2.88. The van der Waals surface area contributed by atoms with Crippen molar-refractivity contribution in [1.82, 2.24) is 5.32 Å². The number of hydrogen-bond acceptors (Lipinski definition) is 3. The summed E-state index contributed by atoms with van der Waals surface area (Å²) in [6.07, 6.45) is 4.33. The van der Waals surface area contributed by atoms with Crippen LogP contribution in [0.15, 0.2) is 0 Å². The van der Waals surface area contributed by atoms with Crippen molar-refractivity contribution < 1.29 is 9.53 Å². The van der Waals surface area contributed by atoms with Crippen molar-refractivity contribution in [2.75, 3.05) is 13.2 Å². The predicted octanol–water partition coefficient (Wildman–Crippen LogP) is 0.655. The first-order valence-corrected chi connectivity index (χ1v) is 6.34. The molecule has 0 radical (unpaired) electrons. The Balaban J connectivity index is 1.87. The predicted molar refractivity (Wildman–Crippen MR) is 61.8 cm³/mol. The minimum Gasteiger partial charge on any atom is -0.376 e. The number of hydrogen-bond donors (Lipinski definition) is 2. The first-order valence-electron chi connectivity index (χ1n) is 6.34. The Labute approximate surface area is 96.9 Å². The first-order chi connectivity index (χ1) is 7.72. The molecule has 0 aromatic rings. The maximum absolute atomic E-state index is 12.1. The van der Waals surface area contributed by atoms with Gasteiger partial charge in [-0.15, -0.1) is 0 Å². The van der Waals surface area contributed by atoms with Crippen LogP contribution in [0.2, 0.25) is 0 Å². The van der Waals surface area contributed by atoms with Crippen molar-refractivity contribution in [3.8, 4) is 0 Å². The van der Waals surface area contributed by atoms with Gasteiger partial charge in [-0.05, 0) is 38.6 Å². The number of rotatable bonds is 3. The molecule has 0 bridgehead atoms. The molecule has 2 aliphatic rings.